The second-order valence-corrected chi connectivity index (χ2v) is 3.02. The lowest BCUT2D eigenvalue weighted by Gasteiger charge is -2.05. The maximum absolute atomic E-state index is 11.2. The molecule has 0 heterocycles. The molecule has 16 heavy (non-hydrogen) atoms. The van der Waals surface area contributed by atoms with E-state index in [4.69, 9.17) is 4.74 Å². The van der Waals surface area contributed by atoms with Gasteiger partial charge in [-0.1, -0.05) is 12.7 Å². The van der Waals surface area contributed by atoms with E-state index in [2.05, 4.69) is 23.6 Å². The Bertz CT molecular complexity index is 308. The molecule has 0 radical (unpaired) electrons. The van der Waals surface area contributed by atoms with Gasteiger partial charge in [0.2, 0.25) is 5.91 Å². The Morgan fingerprint density at radius 3 is 2.62 bits per heavy atom. The molecule has 0 aromatic carbocycles. The first kappa shape index (κ1) is 14.2. The first-order valence-corrected chi connectivity index (χ1v) is 4.72. The van der Waals surface area contributed by atoms with Gasteiger partial charge < -0.3 is 10.1 Å². The second kappa shape index (κ2) is 8.55. The highest BCUT2D eigenvalue weighted by molar-refractivity contribution is 5.79. The van der Waals surface area contributed by atoms with Crippen LogP contribution in [0.2, 0.25) is 0 Å². The average molecular weight is 224 g/mol. The van der Waals surface area contributed by atoms with E-state index in [0.29, 0.717) is 5.70 Å². The number of ether oxygens (including phenoxy) is 1. The number of nitrogens with one attached hydrogen (secondary N) is 1. The third kappa shape index (κ3) is 7.64. The van der Waals surface area contributed by atoms with Crippen LogP contribution in [0.15, 0.2) is 29.4 Å². The SMILES string of the molecule is C=C/C=C(/CNC(=O)COCC(C)=O)N=C. The van der Waals surface area contributed by atoms with Gasteiger partial charge in [0.25, 0.3) is 0 Å². The zero-order chi connectivity index (χ0) is 12.4. The Labute approximate surface area is 94.9 Å². The molecule has 1 N–H and O–H groups in total. The molecular formula is C11H16N2O3. The van der Waals surface area contributed by atoms with Crippen molar-refractivity contribution in [2.75, 3.05) is 19.8 Å². The molecule has 0 saturated heterocycles. The molecule has 0 fully saturated rings. The molecule has 0 aliphatic heterocycles. The number of allylic oxidation sites excluding steroid dienone is 2. The van der Waals surface area contributed by atoms with Gasteiger partial charge in [-0.25, -0.2) is 0 Å². The molecular weight excluding hydrogens is 208 g/mol. The van der Waals surface area contributed by atoms with Crippen LogP contribution in [-0.4, -0.2) is 38.2 Å². The average Bonchev–Trinajstić information content (AvgIpc) is 2.23. The van der Waals surface area contributed by atoms with E-state index in [1.54, 1.807) is 12.2 Å². The molecule has 0 rings (SSSR count). The molecule has 0 saturated carbocycles. The molecule has 0 atom stereocenters. The standard InChI is InChI=1S/C11H16N2O3/c1-4-5-10(12-3)6-13-11(15)8-16-7-9(2)14/h4-5H,1,3,6-8H2,2H3,(H,13,15)/b10-5-. The first-order chi connectivity index (χ1) is 7.60. The van der Waals surface area contributed by atoms with Gasteiger partial charge in [-0.05, 0) is 19.7 Å². The van der Waals surface area contributed by atoms with Gasteiger partial charge in [0.1, 0.15) is 13.2 Å². The largest absolute Gasteiger partial charge is 0.364 e. The Balaban J connectivity index is 3.80. The molecule has 1 amide bonds. The number of aliphatic imine (C=N–C) groups is 1. The van der Waals surface area contributed by atoms with Crippen LogP contribution in [0.1, 0.15) is 6.92 Å². The molecule has 0 spiro atoms. The summed E-state index contributed by atoms with van der Waals surface area (Å²) >= 11 is 0. The Morgan fingerprint density at radius 1 is 1.44 bits per heavy atom. The van der Waals surface area contributed by atoms with Crippen molar-refractivity contribution in [1.82, 2.24) is 5.32 Å². The summed E-state index contributed by atoms with van der Waals surface area (Å²) in [6.07, 6.45) is 3.20. The maximum Gasteiger partial charge on any atom is 0.246 e. The van der Waals surface area contributed by atoms with Crippen LogP contribution < -0.4 is 5.32 Å². The number of Topliss-reactive ketones (excluding diaryl/α,β-unsaturated/α-hetero) is 1. The van der Waals surface area contributed by atoms with Gasteiger partial charge in [-0.2, -0.15) is 0 Å². The van der Waals surface area contributed by atoms with Crippen LogP contribution in [0.4, 0.5) is 0 Å². The van der Waals surface area contributed by atoms with Crippen molar-refractivity contribution in [1.29, 1.82) is 0 Å². The number of amides is 1. The molecule has 5 nitrogen and oxygen atoms in total. The Kier molecular flexibility index (Phi) is 7.61. The van der Waals surface area contributed by atoms with Gasteiger partial charge >= 0.3 is 0 Å². The molecule has 0 unspecified atom stereocenters. The molecule has 0 bridgehead atoms. The number of carbonyl (C=O) groups excluding carboxylic acids is 2. The van der Waals surface area contributed by atoms with Crippen molar-refractivity contribution >= 4 is 18.4 Å². The topological polar surface area (TPSA) is 67.8 Å². The minimum atomic E-state index is -0.306. The molecule has 0 aliphatic carbocycles. The van der Waals surface area contributed by atoms with Crippen LogP contribution in [0.5, 0.6) is 0 Å². The highest BCUT2D eigenvalue weighted by atomic mass is 16.5. The minimum Gasteiger partial charge on any atom is -0.364 e. The van der Waals surface area contributed by atoms with Crippen LogP contribution in [-0.2, 0) is 14.3 Å². The number of hydrogen-bond acceptors (Lipinski definition) is 4. The number of nitrogens with zero attached hydrogens (tertiary/aromatic N) is 1. The predicted molar refractivity (Wildman–Crippen MR) is 62.3 cm³/mol. The van der Waals surface area contributed by atoms with Gasteiger partial charge in [0, 0.05) is 0 Å². The predicted octanol–water partition coefficient (Wildman–Crippen LogP) is 0.479. The van der Waals surface area contributed by atoms with E-state index in [1.165, 1.54) is 6.92 Å². The molecule has 5 heteroatoms. The fourth-order valence-electron chi connectivity index (χ4n) is 0.831. The number of rotatable bonds is 8. The van der Waals surface area contributed by atoms with Gasteiger partial charge in [-0.15, -0.1) is 0 Å². The summed E-state index contributed by atoms with van der Waals surface area (Å²) < 4.78 is 4.84. The third-order valence-electron chi connectivity index (χ3n) is 1.52. The van der Waals surface area contributed by atoms with Gasteiger partial charge in [-0.3, -0.25) is 14.6 Å². The van der Waals surface area contributed by atoms with E-state index in [9.17, 15) is 9.59 Å². The smallest absolute Gasteiger partial charge is 0.246 e. The minimum absolute atomic E-state index is 0.0531. The highest BCUT2D eigenvalue weighted by Crippen LogP contribution is 1.92. The van der Waals surface area contributed by atoms with Gasteiger partial charge in [0.15, 0.2) is 5.78 Å². The van der Waals surface area contributed by atoms with Crippen molar-refractivity contribution in [2.45, 2.75) is 6.92 Å². The number of ketones is 1. The zero-order valence-electron chi connectivity index (χ0n) is 9.36. The van der Waals surface area contributed by atoms with Crippen LogP contribution in [0, 0.1) is 0 Å². The van der Waals surface area contributed by atoms with E-state index < -0.39 is 0 Å². The highest BCUT2D eigenvalue weighted by Gasteiger charge is 2.02. The van der Waals surface area contributed by atoms with Crippen LogP contribution >= 0.6 is 0 Å². The lowest BCUT2D eigenvalue weighted by Crippen LogP contribution is -2.29. The fraction of sp³-hybridized carbons (Fsp3) is 0.364. The monoisotopic (exact) mass is 224 g/mol. The molecule has 0 aliphatic rings. The number of carbonyl (C=O) groups is 2. The first-order valence-electron chi connectivity index (χ1n) is 4.72. The molecule has 88 valence electrons. The van der Waals surface area contributed by atoms with E-state index in [1.807, 2.05) is 0 Å². The van der Waals surface area contributed by atoms with Gasteiger partial charge in [0.05, 0.1) is 12.2 Å². The van der Waals surface area contributed by atoms with Crippen molar-refractivity contribution < 1.29 is 14.3 Å². The van der Waals surface area contributed by atoms with Crippen LogP contribution in [0.25, 0.3) is 0 Å². The van der Waals surface area contributed by atoms with E-state index >= 15 is 0 Å². The maximum atomic E-state index is 11.2. The summed E-state index contributed by atoms with van der Waals surface area (Å²) in [5.41, 5.74) is 0.606. The molecule has 0 aromatic heterocycles. The lowest BCUT2D eigenvalue weighted by molar-refractivity contribution is -0.128. The lowest BCUT2D eigenvalue weighted by atomic mass is 10.4. The van der Waals surface area contributed by atoms with E-state index in [-0.39, 0.29) is 31.4 Å². The summed E-state index contributed by atoms with van der Waals surface area (Å²) in [5.74, 6) is -0.423. The summed E-state index contributed by atoms with van der Waals surface area (Å²) in [6.45, 7) is 8.32. The second-order valence-electron chi connectivity index (χ2n) is 3.02. The quantitative estimate of drug-likeness (QED) is 0.481. The summed E-state index contributed by atoms with van der Waals surface area (Å²) in [4.78, 5) is 25.4. The Hall–Kier alpha value is -1.75. The Morgan fingerprint density at radius 2 is 2.12 bits per heavy atom. The number of hydrogen-bond donors (Lipinski definition) is 1. The zero-order valence-corrected chi connectivity index (χ0v) is 9.36. The summed E-state index contributed by atoms with van der Waals surface area (Å²) in [7, 11) is 0. The summed E-state index contributed by atoms with van der Waals surface area (Å²) in [5, 5.41) is 2.57. The summed E-state index contributed by atoms with van der Waals surface area (Å²) in [6, 6.07) is 0. The normalized spacial score (nSPS) is 10.7. The van der Waals surface area contributed by atoms with Crippen molar-refractivity contribution in [3.63, 3.8) is 0 Å². The van der Waals surface area contributed by atoms with Crippen LogP contribution in [0.3, 0.4) is 0 Å². The van der Waals surface area contributed by atoms with Crippen molar-refractivity contribution in [3.05, 3.63) is 24.4 Å². The third-order valence-corrected chi connectivity index (χ3v) is 1.52. The van der Waals surface area contributed by atoms with E-state index in [0.717, 1.165) is 0 Å². The van der Waals surface area contributed by atoms with Crippen molar-refractivity contribution in [3.8, 4) is 0 Å². The fourth-order valence-corrected chi connectivity index (χ4v) is 0.831. The molecule has 0 aromatic rings. The van der Waals surface area contributed by atoms with Crippen molar-refractivity contribution in [2.24, 2.45) is 4.99 Å².